The van der Waals surface area contributed by atoms with Crippen LogP contribution in [-0.2, 0) is 11.3 Å². The summed E-state index contributed by atoms with van der Waals surface area (Å²) in [6.45, 7) is 7.20. The fraction of sp³-hybridized carbons (Fsp3) is 0.708. The molecule has 4 heteroatoms. The van der Waals surface area contributed by atoms with Crippen molar-refractivity contribution in [2.75, 3.05) is 26.2 Å². The third-order valence-corrected chi connectivity index (χ3v) is 8.01. The summed E-state index contributed by atoms with van der Waals surface area (Å²) in [4.78, 5) is 18.0. The summed E-state index contributed by atoms with van der Waals surface area (Å²) in [7, 11) is 0. The minimum absolute atomic E-state index is 0.00752. The van der Waals surface area contributed by atoms with Gasteiger partial charge in [-0.25, -0.2) is 0 Å². The highest BCUT2D eigenvalue weighted by atomic mass is 16.2. The van der Waals surface area contributed by atoms with Crippen LogP contribution in [0.5, 0.6) is 0 Å². The molecule has 1 amide bonds. The lowest BCUT2D eigenvalue weighted by Crippen LogP contribution is -2.63. The minimum Gasteiger partial charge on any atom is -0.349 e. The van der Waals surface area contributed by atoms with Gasteiger partial charge >= 0.3 is 0 Å². The molecule has 0 unspecified atom stereocenters. The van der Waals surface area contributed by atoms with Crippen molar-refractivity contribution < 1.29 is 4.79 Å². The van der Waals surface area contributed by atoms with Crippen LogP contribution < -0.4 is 5.32 Å². The van der Waals surface area contributed by atoms with Crippen LogP contribution in [0.4, 0.5) is 0 Å². The largest absolute Gasteiger partial charge is 0.349 e. The van der Waals surface area contributed by atoms with E-state index in [4.69, 9.17) is 0 Å². The number of rotatable bonds is 5. The molecular weight excluding hydrogens is 346 g/mol. The molecule has 6 rings (SSSR count). The fourth-order valence-corrected chi connectivity index (χ4v) is 6.95. The monoisotopic (exact) mass is 381 g/mol. The Morgan fingerprint density at radius 1 is 1.00 bits per heavy atom. The third kappa shape index (κ3) is 3.73. The molecule has 4 aliphatic carbocycles. The van der Waals surface area contributed by atoms with Gasteiger partial charge in [-0.3, -0.25) is 14.6 Å². The van der Waals surface area contributed by atoms with E-state index in [0.29, 0.717) is 0 Å². The highest BCUT2D eigenvalue weighted by molar-refractivity contribution is 5.82. The van der Waals surface area contributed by atoms with Crippen LogP contribution in [0.15, 0.2) is 30.3 Å². The van der Waals surface area contributed by atoms with Crippen LogP contribution in [0.2, 0.25) is 0 Å². The molecule has 0 radical (unpaired) electrons. The second-order valence-corrected chi connectivity index (χ2v) is 10.2. The smallest absolute Gasteiger partial charge is 0.237 e. The van der Waals surface area contributed by atoms with Gasteiger partial charge in [0.2, 0.25) is 5.91 Å². The van der Waals surface area contributed by atoms with Crippen molar-refractivity contribution in [3.63, 3.8) is 0 Å². The van der Waals surface area contributed by atoms with E-state index in [1.807, 2.05) is 0 Å². The number of amides is 1. The summed E-state index contributed by atoms with van der Waals surface area (Å²) >= 11 is 0. The standard InChI is InChI=1S/C24H35N3O/c1-18(27-9-7-26(8-10-27)17-19-5-3-2-4-6-19)23(28)25-24-14-20-11-21(15-24)13-22(12-20)16-24/h2-6,18,20-22H,7-17H2,1H3,(H,25,28)/t18-,20?,21?,22?,24?/m0/s1. The highest BCUT2D eigenvalue weighted by Crippen LogP contribution is 2.55. The van der Waals surface area contributed by atoms with Crippen molar-refractivity contribution in [2.24, 2.45) is 17.8 Å². The van der Waals surface area contributed by atoms with Crippen molar-refractivity contribution in [2.45, 2.75) is 63.6 Å². The molecule has 1 aromatic carbocycles. The molecule has 28 heavy (non-hydrogen) atoms. The number of hydrogen-bond acceptors (Lipinski definition) is 3. The molecule has 5 fully saturated rings. The number of carbonyl (C=O) groups excluding carboxylic acids is 1. The average Bonchev–Trinajstić information content (AvgIpc) is 2.67. The Labute approximate surface area is 169 Å². The Hall–Kier alpha value is -1.39. The molecule has 1 atom stereocenters. The molecule has 1 saturated heterocycles. The molecular formula is C24H35N3O. The van der Waals surface area contributed by atoms with Gasteiger partial charge in [0.1, 0.15) is 0 Å². The fourth-order valence-electron chi connectivity index (χ4n) is 6.95. The zero-order chi connectivity index (χ0) is 19.1. The number of benzene rings is 1. The van der Waals surface area contributed by atoms with Crippen LogP contribution in [-0.4, -0.2) is 53.5 Å². The Morgan fingerprint density at radius 2 is 1.57 bits per heavy atom. The predicted octanol–water partition coefficient (Wildman–Crippen LogP) is 3.28. The van der Waals surface area contributed by atoms with Crippen molar-refractivity contribution in [3.05, 3.63) is 35.9 Å². The number of hydrogen-bond donors (Lipinski definition) is 1. The first-order valence-electron chi connectivity index (χ1n) is 11.4. The second-order valence-electron chi connectivity index (χ2n) is 10.2. The lowest BCUT2D eigenvalue weighted by Gasteiger charge is -2.57. The summed E-state index contributed by atoms with van der Waals surface area (Å²) in [6, 6.07) is 10.7. The van der Waals surface area contributed by atoms with Crippen LogP contribution in [0.25, 0.3) is 0 Å². The van der Waals surface area contributed by atoms with E-state index in [-0.39, 0.29) is 17.5 Å². The highest BCUT2D eigenvalue weighted by Gasteiger charge is 2.51. The van der Waals surface area contributed by atoms with Gasteiger partial charge in [-0.15, -0.1) is 0 Å². The van der Waals surface area contributed by atoms with Crippen molar-refractivity contribution in [1.82, 2.24) is 15.1 Å². The maximum atomic E-state index is 13.1. The molecule has 4 bridgehead atoms. The number of nitrogens with one attached hydrogen (secondary N) is 1. The first-order valence-corrected chi connectivity index (χ1v) is 11.4. The van der Waals surface area contributed by atoms with E-state index in [9.17, 15) is 4.79 Å². The van der Waals surface area contributed by atoms with Gasteiger partial charge in [0.25, 0.3) is 0 Å². The number of nitrogens with zero attached hydrogens (tertiary/aromatic N) is 2. The van der Waals surface area contributed by atoms with Gasteiger partial charge in [-0.05, 0) is 68.8 Å². The summed E-state index contributed by atoms with van der Waals surface area (Å²) in [5.74, 6) is 2.91. The van der Waals surface area contributed by atoms with E-state index in [1.165, 1.54) is 44.1 Å². The lowest BCUT2D eigenvalue weighted by atomic mass is 9.53. The third-order valence-electron chi connectivity index (χ3n) is 8.01. The summed E-state index contributed by atoms with van der Waals surface area (Å²) < 4.78 is 0. The molecule has 1 N–H and O–H groups in total. The molecule has 0 spiro atoms. The summed E-state index contributed by atoms with van der Waals surface area (Å²) in [5, 5.41) is 3.58. The first kappa shape index (κ1) is 18.6. The van der Waals surface area contributed by atoms with Crippen LogP contribution in [0, 0.1) is 17.8 Å². The number of carbonyl (C=O) groups is 1. The Bertz CT molecular complexity index is 660. The number of piperazine rings is 1. The van der Waals surface area contributed by atoms with Crippen molar-refractivity contribution in [1.29, 1.82) is 0 Å². The first-order chi connectivity index (χ1) is 13.6. The Kier molecular flexibility index (Phi) is 4.96. The van der Waals surface area contributed by atoms with Gasteiger partial charge in [-0.2, -0.15) is 0 Å². The topological polar surface area (TPSA) is 35.6 Å². The lowest BCUT2D eigenvalue weighted by molar-refractivity contribution is -0.132. The molecule has 1 heterocycles. The van der Waals surface area contributed by atoms with Gasteiger partial charge in [0.15, 0.2) is 0 Å². The summed E-state index contributed by atoms with van der Waals surface area (Å²) in [6.07, 6.45) is 7.99. The van der Waals surface area contributed by atoms with E-state index in [2.05, 4.69) is 52.4 Å². The Morgan fingerprint density at radius 3 is 2.14 bits per heavy atom. The molecule has 152 valence electrons. The van der Waals surface area contributed by atoms with Crippen molar-refractivity contribution >= 4 is 5.91 Å². The van der Waals surface area contributed by atoms with Gasteiger partial charge in [-0.1, -0.05) is 30.3 Å². The summed E-state index contributed by atoms with van der Waals surface area (Å²) in [5.41, 5.74) is 1.51. The van der Waals surface area contributed by atoms with Gasteiger partial charge < -0.3 is 5.32 Å². The van der Waals surface area contributed by atoms with E-state index in [0.717, 1.165) is 50.5 Å². The molecule has 4 saturated carbocycles. The van der Waals surface area contributed by atoms with Crippen LogP contribution in [0.1, 0.15) is 51.0 Å². The maximum absolute atomic E-state index is 13.1. The SMILES string of the molecule is C[C@@H](C(=O)NC12CC3CC(CC(C3)C1)C2)N1CCN(Cc2ccccc2)CC1. The quantitative estimate of drug-likeness (QED) is 0.850. The molecule has 0 aromatic heterocycles. The van der Waals surface area contributed by atoms with Crippen LogP contribution in [0.3, 0.4) is 0 Å². The van der Waals surface area contributed by atoms with Crippen LogP contribution >= 0.6 is 0 Å². The molecule has 1 aromatic rings. The zero-order valence-electron chi connectivity index (χ0n) is 17.3. The van der Waals surface area contributed by atoms with Crippen molar-refractivity contribution in [3.8, 4) is 0 Å². The molecule has 1 aliphatic heterocycles. The van der Waals surface area contributed by atoms with E-state index < -0.39 is 0 Å². The van der Waals surface area contributed by atoms with E-state index >= 15 is 0 Å². The molecule has 4 nitrogen and oxygen atoms in total. The average molecular weight is 382 g/mol. The predicted molar refractivity (Wildman–Crippen MR) is 112 cm³/mol. The minimum atomic E-state index is -0.00752. The normalized spacial score (nSPS) is 36.4. The maximum Gasteiger partial charge on any atom is 0.237 e. The van der Waals surface area contributed by atoms with Gasteiger partial charge in [0.05, 0.1) is 6.04 Å². The second kappa shape index (κ2) is 7.46. The Balaban J connectivity index is 1.14. The molecule has 5 aliphatic rings. The van der Waals surface area contributed by atoms with Gasteiger partial charge in [0, 0.05) is 38.3 Å². The van der Waals surface area contributed by atoms with E-state index in [1.54, 1.807) is 0 Å². The zero-order valence-corrected chi connectivity index (χ0v) is 17.3.